The first-order valence-electron chi connectivity index (χ1n) is 9.41. The SMILES string of the molecule is CC#CCOOOOOO.COC(=O)C1C2CC[C@H](C[C@@H]1c1ccc(I)cc1)N2C. The summed E-state index contributed by atoms with van der Waals surface area (Å²) in [7, 11) is 3.66. The predicted molar refractivity (Wildman–Crippen MR) is 113 cm³/mol. The lowest BCUT2D eigenvalue weighted by atomic mass is 9.76. The molecular formula is C20H26INO8. The Hall–Kier alpha value is -1.30. The van der Waals surface area contributed by atoms with Gasteiger partial charge in [0.2, 0.25) is 0 Å². The summed E-state index contributed by atoms with van der Waals surface area (Å²) >= 11 is 2.32. The van der Waals surface area contributed by atoms with Crippen LogP contribution < -0.4 is 0 Å². The van der Waals surface area contributed by atoms with Gasteiger partial charge in [-0.3, -0.25) is 9.69 Å². The zero-order chi connectivity index (χ0) is 21.9. The molecule has 0 aliphatic carbocycles. The van der Waals surface area contributed by atoms with Crippen molar-refractivity contribution in [3.63, 3.8) is 0 Å². The van der Waals surface area contributed by atoms with Crippen molar-refractivity contribution in [2.24, 2.45) is 5.92 Å². The minimum Gasteiger partial charge on any atom is -0.469 e. The molecule has 2 saturated heterocycles. The van der Waals surface area contributed by atoms with E-state index in [1.54, 1.807) is 6.92 Å². The minimum atomic E-state index is -0.0502. The molecule has 1 aromatic carbocycles. The third-order valence-corrected chi connectivity index (χ3v) is 6.20. The molecule has 3 rings (SSSR count). The standard InChI is InChI=1S/C16H20INO2.C4H6O6/c1-18-12-7-8-14(18)15(16(19)20-2)13(9-12)10-3-5-11(17)6-4-10;1-2-3-4-6-8-10-9-7-5/h3-6,12-15H,7-9H2,1-2H3;5H,4H2,1H3/t12-,13-,14?,15?;/m1./s1. The van der Waals surface area contributed by atoms with Crippen LogP contribution in [0.25, 0.3) is 0 Å². The molecule has 9 nitrogen and oxygen atoms in total. The van der Waals surface area contributed by atoms with Crippen LogP contribution in [0, 0.1) is 21.3 Å². The van der Waals surface area contributed by atoms with Crippen LogP contribution in [0.1, 0.15) is 37.7 Å². The van der Waals surface area contributed by atoms with Gasteiger partial charge in [-0.2, -0.15) is 4.89 Å². The molecule has 30 heavy (non-hydrogen) atoms. The summed E-state index contributed by atoms with van der Waals surface area (Å²) in [5.74, 6) is 5.24. The topological polar surface area (TPSA) is 95.9 Å². The fourth-order valence-corrected chi connectivity index (χ4v) is 4.51. The summed E-state index contributed by atoms with van der Waals surface area (Å²) in [6.07, 6.45) is 3.38. The molecule has 0 aromatic heterocycles. The van der Waals surface area contributed by atoms with Crippen LogP contribution in [0.5, 0.6) is 0 Å². The molecule has 0 saturated carbocycles. The van der Waals surface area contributed by atoms with Crippen LogP contribution >= 0.6 is 22.6 Å². The number of hydrogen-bond acceptors (Lipinski definition) is 9. The number of halogens is 1. The number of ether oxygens (including phenoxy) is 1. The average Bonchev–Trinajstić information content (AvgIpc) is 2.99. The Morgan fingerprint density at radius 2 is 1.97 bits per heavy atom. The molecule has 2 bridgehead atoms. The number of carbonyl (C=O) groups excluding carboxylic acids is 1. The normalized spacial score (nSPS) is 25.0. The molecule has 0 amide bonds. The molecule has 4 atom stereocenters. The van der Waals surface area contributed by atoms with Crippen molar-refractivity contribution in [3.05, 3.63) is 33.4 Å². The highest BCUT2D eigenvalue weighted by Gasteiger charge is 2.49. The number of hydrogen-bond donors (Lipinski definition) is 1. The second-order valence-corrected chi connectivity index (χ2v) is 8.12. The maximum Gasteiger partial charge on any atom is 0.310 e. The van der Waals surface area contributed by atoms with E-state index in [0.29, 0.717) is 18.0 Å². The molecular weight excluding hydrogens is 509 g/mol. The third kappa shape index (κ3) is 6.86. The smallest absolute Gasteiger partial charge is 0.310 e. The molecule has 0 radical (unpaired) electrons. The molecule has 2 unspecified atom stereocenters. The van der Waals surface area contributed by atoms with Crippen molar-refractivity contribution < 1.29 is 39.8 Å². The third-order valence-electron chi connectivity index (χ3n) is 5.48. The lowest BCUT2D eigenvalue weighted by molar-refractivity contribution is -0.752. The van der Waals surface area contributed by atoms with E-state index in [1.165, 1.54) is 22.7 Å². The number of benzene rings is 1. The Bertz CT molecular complexity index is 720. The molecule has 2 aliphatic rings. The van der Waals surface area contributed by atoms with Gasteiger partial charge >= 0.3 is 5.97 Å². The summed E-state index contributed by atoms with van der Waals surface area (Å²) in [6.45, 7) is 1.67. The van der Waals surface area contributed by atoms with Crippen LogP contribution in [0.4, 0.5) is 0 Å². The number of carbonyl (C=O) groups is 1. The zero-order valence-corrected chi connectivity index (χ0v) is 19.2. The number of methoxy groups -OCH3 is 1. The first-order chi connectivity index (χ1) is 14.5. The van der Waals surface area contributed by atoms with E-state index in [1.807, 2.05) is 0 Å². The Kier molecular flexibility index (Phi) is 11.0. The Morgan fingerprint density at radius 1 is 1.23 bits per heavy atom. The van der Waals surface area contributed by atoms with E-state index in [2.05, 4.69) is 95.7 Å². The van der Waals surface area contributed by atoms with Crippen LogP contribution in [0.2, 0.25) is 0 Å². The van der Waals surface area contributed by atoms with Gasteiger partial charge in [0.15, 0.2) is 0 Å². The van der Waals surface area contributed by atoms with E-state index in [0.717, 1.165) is 12.8 Å². The van der Waals surface area contributed by atoms with Gasteiger partial charge in [-0.15, -0.1) is 5.92 Å². The lowest BCUT2D eigenvalue weighted by Crippen LogP contribution is -2.49. The summed E-state index contributed by atoms with van der Waals surface area (Å²) in [5.41, 5.74) is 1.28. The molecule has 2 heterocycles. The highest BCUT2D eigenvalue weighted by atomic mass is 127. The fourth-order valence-electron chi connectivity index (χ4n) is 4.15. The monoisotopic (exact) mass is 535 g/mol. The number of esters is 1. The molecule has 2 aliphatic heterocycles. The van der Waals surface area contributed by atoms with E-state index in [4.69, 9.17) is 9.99 Å². The van der Waals surface area contributed by atoms with E-state index in [9.17, 15) is 4.79 Å². The zero-order valence-electron chi connectivity index (χ0n) is 17.1. The first-order valence-corrected chi connectivity index (χ1v) is 10.5. The van der Waals surface area contributed by atoms with Gasteiger partial charge in [-0.25, -0.2) is 5.26 Å². The van der Waals surface area contributed by atoms with E-state index in [-0.39, 0.29) is 18.5 Å². The van der Waals surface area contributed by atoms with Crippen LogP contribution in [-0.2, 0) is 34.6 Å². The average molecular weight is 535 g/mol. The molecule has 2 fully saturated rings. The van der Waals surface area contributed by atoms with Gasteiger partial charge in [-0.05, 0) is 93.7 Å². The Labute approximate surface area is 189 Å². The summed E-state index contributed by atoms with van der Waals surface area (Å²) in [4.78, 5) is 18.9. The summed E-state index contributed by atoms with van der Waals surface area (Å²) in [6, 6.07) is 9.56. The Morgan fingerprint density at radius 3 is 2.60 bits per heavy atom. The maximum atomic E-state index is 12.3. The van der Waals surface area contributed by atoms with Gasteiger partial charge in [0.05, 0.1) is 13.0 Å². The molecule has 10 heteroatoms. The molecule has 0 spiro atoms. The van der Waals surface area contributed by atoms with Gasteiger partial charge in [0, 0.05) is 21.6 Å². The minimum absolute atomic E-state index is 0.0242. The highest BCUT2D eigenvalue weighted by molar-refractivity contribution is 14.1. The first kappa shape index (κ1) is 25.0. The van der Waals surface area contributed by atoms with Crippen LogP contribution in [0.3, 0.4) is 0 Å². The number of piperidine rings is 1. The number of fused-ring (bicyclic) bond motifs is 2. The van der Waals surface area contributed by atoms with Gasteiger partial charge < -0.3 is 4.74 Å². The predicted octanol–water partition coefficient (Wildman–Crippen LogP) is 3.26. The van der Waals surface area contributed by atoms with Crippen molar-refractivity contribution in [3.8, 4) is 11.8 Å². The van der Waals surface area contributed by atoms with Crippen molar-refractivity contribution in [1.82, 2.24) is 4.90 Å². The highest BCUT2D eigenvalue weighted by Crippen LogP contribution is 2.46. The Balaban J connectivity index is 0.000000274. The largest absolute Gasteiger partial charge is 0.469 e. The maximum absolute atomic E-state index is 12.3. The van der Waals surface area contributed by atoms with Crippen LogP contribution in [-0.4, -0.2) is 49.0 Å². The fraction of sp³-hybridized carbons (Fsp3) is 0.550. The molecule has 166 valence electrons. The lowest BCUT2D eigenvalue weighted by Gasteiger charge is -2.41. The van der Waals surface area contributed by atoms with Crippen molar-refractivity contribution in [2.45, 2.75) is 44.2 Å². The van der Waals surface area contributed by atoms with Crippen LogP contribution in [0.15, 0.2) is 24.3 Å². The second kappa shape index (κ2) is 13.2. The van der Waals surface area contributed by atoms with Gasteiger partial charge in [0.1, 0.15) is 6.61 Å². The van der Waals surface area contributed by atoms with Gasteiger partial charge in [0.25, 0.3) is 0 Å². The summed E-state index contributed by atoms with van der Waals surface area (Å²) in [5, 5.41) is 21.2. The van der Waals surface area contributed by atoms with Crippen molar-refractivity contribution >= 4 is 28.6 Å². The molecule has 1 N–H and O–H groups in total. The van der Waals surface area contributed by atoms with Gasteiger partial charge in [-0.1, -0.05) is 18.1 Å². The second-order valence-electron chi connectivity index (χ2n) is 6.87. The number of rotatable bonds is 7. The summed E-state index contributed by atoms with van der Waals surface area (Å²) < 4.78 is 6.33. The number of nitrogens with zero attached hydrogens (tertiary/aromatic N) is 1. The van der Waals surface area contributed by atoms with E-state index >= 15 is 0 Å². The molecule has 1 aromatic rings. The van der Waals surface area contributed by atoms with E-state index < -0.39 is 0 Å². The van der Waals surface area contributed by atoms with Crippen molar-refractivity contribution in [2.75, 3.05) is 20.8 Å². The quantitative estimate of drug-likeness (QED) is 0.141. The van der Waals surface area contributed by atoms with Crippen molar-refractivity contribution in [1.29, 1.82) is 0 Å².